The molecule has 4 heteroatoms. The van der Waals surface area contributed by atoms with Crippen molar-refractivity contribution in [3.05, 3.63) is 0 Å². The molecule has 0 spiro atoms. The van der Waals surface area contributed by atoms with Crippen LogP contribution in [0.4, 0.5) is 0 Å². The maximum absolute atomic E-state index is 3.15. The van der Waals surface area contributed by atoms with Gasteiger partial charge in [0, 0.05) is 29.5 Å². The van der Waals surface area contributed by atoms with Gasteiger partial charge in [-0.05, 0) is 6.92 Å². The van der Waals surface area contributed by atoms with Crippen molar-refractivity contribution in [1.29, 1.82) is 0 Å². The van der Waals surface area contributed by atoms with E-state index in [-0.39, 0.29) is 8.22 Å². The Labute approximate surface area is 59.8 Å². The molecule has 0 aromatic rings. The Morgan fingerprint density at radius 2 is 2.43 bits per heavy atom. The Bertz CT molecular complexity index is 43.9. The number of rotatable bonds is 3. The van der Waals surface area contributed by atoms with Gasteiger partial charge < -0.3 is 5.09 Å². The third-order valence-electron chi connectivity index (χ3n) is 0.590. The van der Waals surface area contributed by atoms with E-state index in [0.717, 1.165) is 0 Å². The summed E-state index contributed by atoms with van der Waals surface area (Å²) in [6, 6.07) is 0. The standard InChI is InChI=1S/C3H10IN2P/c1-3-5-7(2)6-4/h5-6H,3H2,1-2H3/p+1. The van der Waals surface area contributed by atoms with Gasteiger partial charge in [0.15, 0.2) is 8.22 Å². The smallest absolute Gasteiger partial charge is 0.184 e. The number of nitrogens with two attached hydrogens (primary N) is 1. The van der Waals surface area contributed by atoms with Gasteiger partial charge in [-0.2, -0.15) is 3.30 Å². The SMILES string of the molecule is CC[NH2+]P(C)NI. The molecule has 7 heavy (non-hydrogen) atoms. The molecule has 0 fully saturated rings. The summed E-state index contributed by atoms with van der Waals surface area (Å²) in [5.41, 5.74) is 0. The summed E-state index contributed by atoms with van der Waals surface area (Å²) in [5, 5.41) is 2.29. The fourth-order valence-corrected chi connectivity index (χ4v) is 1.52. The van der Waals surface area contributed by atoms with E-state index >= 15 is 0 Å². The highest BCUT2D eigenvalue weighted by molar-refractivity contribution is 14.1. The predicted octanol–water partition coefficient (Wildman–Crippen LogP) is 0.451. The molecule has 3 N–H and O–H groups in total. The van der Waals surface area contributed by atoms with Gasteiger partial charge in [-0.1, -0.05) is 0 Å². The molecular formula is C3H11IN2P+. The summed E-state index contributed by atoms with van der Waals surface area (Å²) in [6.45, 7) is 5.54. The van der Waals surface area contributed by atoms with E-state index in [4.69, 9.17) is 0 Å². The van der Waals surface area contributed by atoms with Gasteiger partial charge in [-0.25, -0.2) is 0 Å². The molecule has 0 aliphatic carbocycles. The summed E-state index contributed by atoms with van der Waals surface area (Å²) in [5.74, 6) is 0. The normalized spacial score (nSPS) is 14.1. The van der Waals surface area contributed by atoms with Gasteiger partial charge in [-0.3, -0.25) is 0 Å². The minimum Gasteiger partial charge on any atom is -0.320 e. The second-order valence-corrected chi connectivity index (χ2v) is 4.49. The van der Waals surface area contributed by atoms with Crippen LogP contribution in [-0.2, 0) is 0 Å². The van der Waals surface area contributed by atoms with Gasteiger partial charge in [0.05, 0.1) is 6.54 Å². The van der Waals surface area contributed by atoms with E-state index in [2.05, 4.69) is 44.8 Å². The van der Waals surface area contributed by atoms with Crippen LogP contribution in [0.2, 0.25) is 0 Å². The predicted molar refractivity (Wildman–Crippen MR) is 42.5 cm³/mol. The molecule has 0 bridgehead atoms. The van der Waals surface area contributed by atoms with E-state index in [1.54, 1.807) is 0 Å². The minimum absolute atomic E-state index is 0.0332. The van der Waals surface area contributed by atoms with Crippen LogP contribution in [0.5, 0.6) is 0 Å². The second kappa shape index (κ2) is 5.22. The van der Waals surface area contributed by atoms with E-state index in [0.29, 0.717) is 0 Å². The first-order chi connectivity index (χ1) is 3.31. The highest BCUT2D eigenvalue weighted by Gasteiger charge is 1.96. The zero-order chi connectivity index (χ0) is 5.70. The molecule has 0 aromatic carbocycles. The van der Waals surface area contributed by atoms with Crippen molar-refractivity contribution in [3.8, 4) is 0 Å². The van der Waals surface area contributed by atoms with Crippen LogP contribution >= 0.6 is 31.1 Å². The van der Waals surface area contributed by atoms with E-state index in [1.807, 2.05) is 0 Å². The first-order valence-electron chi connectivity index (χ1n) is 2.23. The number of nitrogens with one attached hydrogen (secondary N) is 1. The summed E-state index contributed by atoms with van der Waals surface area (Å²) >= 11 is 2.18. The Balaban J connectivity index is 2.83. The first kappa shape index (κ1) is 8.08. The lowest BCUT2D eigenvalue weighted by atomic mass is 10.8. The fraction of sp³-hybridized carbons (Fsp3) is 1.00. The van der Waals surface area contributed by atoms with Crippen LogP contribution in [0, 0.1) is 0 Å². The highest BCUT2D eigenvalue weighted by atomic mass is 127. The topological polar surface area (TPSA) is 28.6 Å². The van der Waals surface area contributed by atoms with E-state index < -0.39 is 0 Å². The molecule has 0 saturated heterocycles. The average Bonchev–Trinajstić information content (AvgIpc) is 1.68. The average molecular weight is 233 g/mol. The van der Waals surface area contributed by atoms with Crippen LogP contribution < -0.4 is 8.39 Å². The van der Waals surface area contributed by atoms with Crippen LogP contribution in [0.3, 0.4) is 0 Å². The molecule has 0 aliphatic heterocycles. The highest BCUT2D eigenvalue weighted by Crippen LogP contribution is 2.09. The molecule has 0 aromatic heterocycles. The third-order valence-corrected chi connectivity index (χ3v) is 4.05. The summed E-state index contributed by atoms with van der Waals surface area (Å²) in [4.78, 5) is 0. The van der Waals surface area contributed by atoms with E-state index in [1.165, 1.54) is 6.54 Å². The fourth-order valence-electron chi connectivity index (χ4n) is 0.308. The van der Waals surface area contributed by atoms with Crippen molar-refractivity contribution in [2.75, 3.05) is 13.2 Å². The molecule has 0 heterocycles. The van der Waals surface area contributed by atoms with Gasteiger partial charge >= 0.3 is 0 Å². The van der Waals surface area contributed by atoms with Crippen molar-refractivity contribution in [1.82, 2.24) is 3.30 Å². The van der Waals surface area contributed by atoms with Crippen LogP contribution in [0.25, 0.3) is 0 Å². The molecule has 0 saturated carbocycles. The Morgan fingerprint density at radius 3 is 2.57 bits per heavy atom. The van der Waals surface area contributed by atoms with Crippen LogP contribution in [0.1, 0.15) is 6.92 Å². The Morgan fingerprint density at radius 1 is 1.86 bits per heavy atom. The molecule has 44 valence electrons. The Kier molecular flexibility index (Phi) is 6.03. The molecule has 0 aliphatic rings. The van der Waals surface area contributed by atoms with Crippen LogP contribution in [0.15, 0.2) is 0 Å². The lowest BCUT2D eigenvalue weighted by molar-refractivity contribution is -0.492. The van der Waals surface area contributed by atoms with Gasteiger partial charge in [0.1, 0.15) is 0 Å². The van der Waals surface area contributed by atoms with Crippen molar-refractivity contribution < 1.29 is 5.09 Å². The van der Waals surface area contributed by atoms with Gasteiger partial charge in [0.2, 0.25) is 0 Å². The summed E-state index contributed by atoms with van der Waals surface area (Å²) in [7, 11) is 0.0332. The third kappa shape index (κ3) is 4.94. The molecule has 2 nitrogen and oxygen atoms in total. The zero-order valence-electron chi connectivity index (χ0n) is 4.61. The quantitative estimate of drug-likeness (QED) is 0.413. The molecule has 0 amide bonds. The first-order valence-corrected chi connectivity index (χ1v) is 5.17. The molecule has 0 rings (SSSR count). The summed E-state index contributed by atoms with van der Waals surface area (Å²) < 4.78 is 3.15. The van der Waals surface area contributed by atoms with Crippen molar-refractivity contribution >= 4 is 31.1 Å². The molecule has 0 radical (unpaired) electrons. The molecule has 1 unspecified atom stereocenters. The van der Waals surface area contributed by atoms with Gasteiger partial charge in [0.25, 0.3) is 0 Å². The largest absolute Gasteiger partial charge is 0.320 e. The van der Waals surface area contributed by atoms with Crippen molar-refractivity contribution in [2.24, 2.45) is 0 Å². The number of hydrogen-bond acceptors (Lipinski definition) is 1. The lowest BCUT2D eigenvalue weighted by Gasteiger charge is -2.01. The number of halogens is 1. The van der Waals surface area contributed by atoms with Crippen molar-refractivity contribution in [2.45, 2.75) is 6.92 Å². The minimum atomic E-state index is 0.0332. The number of quaternary nitrogens is 1. The lowest BCUT2D eigenvalue weighted by Crippen LogP contribution is -2.77. The summed E-state index contributed by atoms with van der Waals surface area (Å²) in [6.07, 6.45) is 0. The maximum atomic E-state index is 3.15. The van der Waals surface area contributed by atoms with Gasteiger partial charge in [-0.15, -0.1) is 0 Å². The zero-order valence-corrected chi connectivity index (χ0v) is 7.66. The number of hydrogen-bond donors (Lipinski definition) is 2. The van der Waals surface area contributed by atoms with E-state index in [9.17, 15) is 0 Å². The molecule has 1 atom stereocenters. The molecular weight excluding hydrogens is 222 g/mol. The maximum Gasteiger partial charge on any atom is 0.184 e. The van der Waals surface area contributed by atoms with Crippen molar-refractivity contribution in [3.63, 3.8) is 0 Å². The monoisotopic (exact) mass is 233 g/mol. The second-order valence-electron chi connectivity index (χ2n) is 1.29. The van der Waals surface area contributed by atoms with Crippen LogP contribution in [-0.4, -0.2) is 13.2 Å². The Hall–Kier alpha value is 1.08.